The fourth-order valence-electron chi connectivity index (χ4n) is 3.64. The lowest BCUT2D eigenvalue weighted by molar-refractivity contribution is 0.394. The van der Waals surface area contributed by atoms with Gasteiger partial charge in [-0.1, -0.05) is 12.1 Å². The van der Waals surface area contributed by atoms with Crippen LogP contribution < -0.4 is 25.0 Å². The third-order valence-corrected chi connectivity index (χ3v) is 5.33. The molecule has 1 aliphatic rings. The maximum atomic E-state index is 9.36. The quantitative estimate of drug-likeness (QED) is 0.352. The fourth-order valence-corrected chi connectivity index (χ4v) is 3.64. The van der Waals surface area contributed by atoms with Gasteiger partial charge < -0.3 is 30.1 Å². The Balaban J connectivity index is 1.46. The highest BCUT2D eigenvalue weighted by Crippen LogP contribution is 2.30. The maximum absolute atomic E-state index is 9.36. The number of aryl methyl sites for hydroxylation is 1. The molecule has 0 radical (unpaired) electrons. The van der Waals surface area contributed by atoms with E-state index < -0.39 is 0 Å². The summed E-state index contributed by atoms with van der Waals surface area (Å²) in [7, 11) is 5.14. The molecule has 0 spiro atoms. The number of hydrogen-bond donors (Lipinski definition) is 3. The molecule has 1 heterocycles. The number of aliphatic imine (C=N–C) groups is 1. The van der Waals surface area contributed by atoms with Crippen molar-refractivity contribution in [1.82, 2.24) is 10.6 Å². The molecule has 0 aromatic heterocycles. The minimum absolute atomic E-state index is 0.305. The summed E-state index contributed by atoms with van der Waals surface area (Å²) in [5, 5.41) is 16.3. The Hall–Kier alpha value is -3.09. The maximum Gasteiger partial charge on any atom is 0.191 e. The van der Waals surface area contributed by atoms with Crippen LogP contribution in [0.1, 0.15) is 18.4 Å². The summed E-state index contributed by atoms with van der Waals surface area (Å²) in [6, 6.07) is 13.7. The number of phenolic OH excluding ortho intramolecular Hbond substituents is 1. The summed E-state index contributed by atoms with van der Waals surface area (Å²) in [6.07, 6.45) is 2.98. The molecule has 0 amide bonds. The summed E-state index contributed by atoms with van der Waals surface area (Å²) < 4.78 is 10.8. The van der Waals surface area contributed by atoms with Crippen molar-refractivity contribution in [3.05, 3.63) is 48.0 Å². The van der Waals surface area contributed by atoms with E-state index in [-0.39, 0.29) is 0 Å². The normalized spacial score (nSPS) is 16.4. The zero-order valence-corrected chi connectivity index (χ0v) is 18.0. The van der Waals surface area contributed by atoms with Gasteiger partial charge in [0.25, 0.3) is 0 Å². The Labute approximate surface area is 178 Å². The summed E-state index contributed by atoms with van der Waals surface area (Å²) in [5.74, 6) is 2.73. The molecular formula is C23H32N4O3. The number of benzene rings is 2. The third-order valence-electron chi connectivity index (χ3n) is 5.33. The lowest BCUT2D eigenvalue weighted by Gasteiger charge is -2.21. The minimum Gasteiger partial charge on any atom is -0.508 e. The molecule has 1 atom stereocenters. The Morgan fingerprint density at radius 1 is 1.13 bits per heavy atom. The molecule has 1 fully saturated rings. The van der Waals surface area contributed by atoms with Crippen molar-refractivity contribution in [3.8, 4) is 17.2 Å². The highest BCUT2D eigenvalue weighted by Gasteiger charge is 2.24. The molecule has 1 saturated heterocycles. The SMILES string of the molecule is CN=C(NCCCc1ccc(O)cc1)NC1CCN(c2cc(OC)cc(OC)c2)C1. The van der Waals surface area contributed by atoms with Gasteiger partial charge in [-0.2, -0.15) is 0 Å². The number of hydrogen-bond acceptors (Lipinski definition) is 5. The van der Waals surface area contributed by atoms with Gasteiger partial charge in [0, 0.05) is 56.6 Å². The van der Waals surface area contributed by atoms with Crippen LogP contribution >= 0.6 is 0 Å². The lowest BCUT2D eigenvalue weighted by atomic mass is 10.1. The first-order valence-corrected chi connectivity index (χ1v) is 10.3. The van der Waals surface area contributed by atoms with Crippen LogP contribution in [-0.2, 0) is 6.42 Å². The number of guanidine groups is 1. The van der Waals surface area contributed by atoms with Gasteiger partial charge in [-0.15, -0.1) is 0 Å². The second-order valence-corrected chi connectivity index (χ2v) is 7.42. The lowest BCUT2D eigenvalue weighted by Crippen LogP contribution is -2.44. The first-order chi connectivity index (χ1) is 14.6. The van der Waals surface area contributed by atoms with Gasteiger partial charge in [-0.25, -0.2) is 0 Å². The summed E-state index contributed by atoms with van der Waals surface area (Å²) in [6.45, 7) is 2.69. The summed E-state index contributed by atoms with van der Waals surface area (Å²) >= 11 is 0. The van der Waals surface area contributed by atoms with Crippen molar-refractivity contribution in [2.45, 2.75) is 25.3 Å². The van der Waals surface area contributed by atoms with Crippen molar-refractivity contribution in [2.24, 2.45) is 4.99 Å². The van der Waals surface area contributed by atoms with E-state index in [4.69, 9.17) is 9.47 Å². The van der Waals surface area contributed by atoms with Gasteiger partial charge in [-0.05, 0) is 37.0 Å². The number of phenols is 1. The van der Waals surface area contributed by atoms with Crippen LogP contribution in [0.2, 0.25) is 0 Å². The van der Waals surface area contributed by atoms with Gasteiger partial charge in [0.05, 0.1) is 14.2 Å². The smallest absolute Gasteiger partial charge is 0.191 e. The molecule has 0 bridgehead atoms. The highest BCUT2D eigenvalue weighted by atomic mass is 16.5. The van der Waals surface area contributed by atoms with Crippen molar-refractivity contribution in [2.75, 3.05) is 45.8 Å². The van der Waals surface area contributed by atoms with Gasteiger partial charge >= 0.3 is 0 Å². The predicted octanol–water partition coefficient (Wildman–Crippen LogP) is 2.79. The van der Waals surface area contributed by atoms with E-state index in [0.29, 0.717) is 11.8 Å². The van der Waals surface area contributed by atoms with Crippen molar-refractivity contribution >= 4 is 11.6 Å². The van der Waals surface area contributed by atoms with Crippen LogP contribution in [0.15, 0.2) is 47.5 Å². The number of anilines is 1. The molecule has 162 valence electrons. The van der Waals surface area contributed by atoms with Crippen LogP contribution in [0, 0.1) is 0 Å². The van der Waals surface area contributed by atoms with Gasteiger partial charge in [-0.3, -0.25) is 4.99 Å². The van der Waals surface area contributed by atoms with Gasteiger partial charge in [0.2, 0.25) is 0 Å². The largest absolute Gasteiger partial charge is 0.508 e. The zero-order chi connectivity index (χ0) is 21.3. The molecule has 7 heteroatoms. The first kappa shape index (κ1) is 21.6. The monoisotopic (exact) mass is 412 g/mol. The second kappa shape index (κ2) is 10.6. The van der Waals surface area contributed by atoms with Crippen LogP contribution in [0.3, 0.4) is 0 Å². The Bertz CT molecular complexity index is 817. The molecule has 1 unspecified atom stereocenters. The minimum atomic E-state index is 0.305. The molecule has 2 aromatic carbocycles. The first-order valence-electron chi connectivity index (χ1n) is 10.3. The number of rotatable bonds is 8. The number of nitrogens with one attached hydrogen (secondary N) is 2. The Morgan fingerprint density at radius 2 is 1.83 bits per heavy atom. The molecule has 2 aromatic rings. The molecule has 0 saturated carbocycles. The van der Waals surface area contributed by atoms with E-state index in [1.54, 1.807) is 33.4 Å². The molecular weight excluding hydrogens is 380 g/mol. The van der Waals surface area contributed by atoms with Crippen LogP contribution in [0.5, 0.6) is 17.2 Å². The Kier molecular flexibility index (Phi) is 7.65. The predicted molar refractivity (Wildman–Crippen MR) is 121 cm³/mol. The van der Waals surface area contributed by atoms with Crippen molar-refractivity contribution in [3.63, 3.8) is 0 Å². The van der Waals surface area contributed by atoms with Crippen LogP contribution in [0.4, 0.5) is 5.69 Å². The second-order valence-electron chi connectivity index (χ2n) is 7.42. The van der Waals surface area contributed by atoms with Crippen molar-refractivity contribution in [1.29, 1.82) is 0 Å². The molecule has 3 N–H and O–H groups in total. The van der Waals surface area contributed by atoms with Gasteiger partial charge in [0.15, 0.2) is 5.96 Å². The zero-order valence-electron chi connectivity index (χ0n) is 18.0. The average Bonchev–Trinajstić information content (AvgIpc) is 3.25. The highest BCUT2D eigenvalue weighted by molar-refractivity contribution is 5.80. The molecule has 3 rings (SSSR count). The molecule has 30 heavy (non-hydrogen) atoms. The fraction of sp³-hybridized carbons (Fsp3) is 0.435. The van der Waals surface area contributed by atoms with E-state index >= 15 is 0 Å². The third kappa shape index (κ3) is 5.95. The summed E-state index contributed by atoms with van der Waals surface area (Å²) in [5.41, 5.74) is 2.32. The topological polar surface area (TPSA) is 78.4 Å². The van der Waals surface area contributed by atoms with Crippen LogP contribution in [0.25, 0.3) is 0 Å². The molecule has 0 aliphatic carbocycles. The van der Waals surface area contributed by atoms with Gasteiger partial charge in [0.1, 0.15) is 17.2 Å². The van der Waals surface area contributed by atoms with Crippen molar-refractivity contribution < 1.29 is 14.6 Å². The van der Waals surface area contributed by atoms with E-state index in [0.717, 1.165) is 62.0 Å². The van der Waals surface area contributed by atoms with E-state index in [9.17, 15) is 5.11 Å². The number of aromatic hydroxyl groups is 1. The van der Waals surface area contributed by atoms with E-state index in [1.165, 1.54) is 5.56 Å². The standard InChI is InChI=1S/C23H32N4O3/c1-24-23(25-11-4-5-17-6-8-20(28)9-7-17)26-18-10-12-27(16-18)19-13-21(29-2)15-22(14-19)30-3/h6-9,13-15,18,28H,4-5,10-12,16H2,1-3H3,(H2,24,25,26). The number of ether oxygens (including phenoxy) is 2. The van der Waals surface area contributed by atoms with Crippen LogP contribution in [-0.4, -0.2) is 58.0 Å². The molecule has 1 aliphatic heterocycles. The average molecular weight is 413 g/mol. The van der Waals surface area contributed by atoms with E-state index in [1.807, 2.05) is 30.3 Å². The summed E-state index contributed by atoms with van der Waals surface area (Å²) in [4.78, 5) is 6.70. The number of methoxy groups -OCH3 is 2. The molecule has 7 nitrogen and oxygen atoms in total. The number of nitrogens with zero attached hydrogens (tertiary/aromatic N) is 2. The van der Waals surface area contributed by atoms with E-state index in [2.05, 4.69) is 20.5 Å². The Morgan fingerprint density at radius 3 is 2.47 bits per heavy atom.